The van der Waals surface area contributed by atoms with Crippen molar-refractivity contribution in [3.8, 4) is 5.75 Å². The Hall–Kier alpha value is -2.96. The maximum absolute atomic E-state index is 13.8. The molecule has 0 fully saturated rings. The van der Waals surface area contributed by atoms with Gasteiger partial charge in [-0.2, -0.15) is 0 Å². The zero-order chi connectivity index (χ0) is 18.4. The molecule has 132 valence electrons. The molecule has 0 aliphatic carbocycles. The molecular weight excluding hydrogens is 327 g/mol. The number of ether oxygens (including phenoxy) is 1. The fourth-order valence-corrected chi connectivity index (χ4v) is 2.43. The van der Waals surface area contributed by atoms with Crippen LogP contribution in [-0.2, 0) is 17.8 Å². The molecule has 2 aromatic carbocycles. The largest absolute Gasteiger partial charge is 0.494 e. The molecule has 6 nitrogen and oxygen atoms in total. The molecule has 2 rings (SSSR count). The quantitative estimate of drug-likeness (QED) is 0.569. The number of hydrogen-bond acceptors (Lipinski definition) is 4. The summed E-state index contributed by atoms with van der Waals surface area (Å²) in [5, 5.41) is 10.7. The van der Waals surface area contributed by atoms with E-state index in [-0.39, 0.29) is 30.3 Å². The lowest BCUT2D eigenvalue weighted by Gasteiger charge is -2.21. The number of hydrogen-bond donors (Lipinski definition) is 0. The number of non-ortho nitro benzene ring substituents is 1. The standard InChI is InChI=1S/C18H19FN2O4/c1-3-20(12-14-6-9-17(25-2)16(19)10-14)18(22)11-13-4-7-15(8-5-13)21(23)24/h4-10H,3,11-12H2,1-2H3. The second-order valence-electron chi connectivity index (χ2n) is 5.48. The Morgan fingerprint density at radius 2 is 1.84 bits per heavy atom. The molecular formula is C18H19FN2O4. The van der Waals surface area contributed by atoms with Gasteiger partial charge in [0, 0.05) is 25.2 Å². The molecule has 0 atom stereocenters. The Balaban J connectivity index is 2.05. The molecule has 0 unspecified atom stereocenters. The van der Waals surface area contributed by atoms with Gasteiger partial charge in [-0.1, -0.05) is 18.2 Å². The van der Waals surface area contributed by atoms with Crippen LogP contribution in [0.25, 0.3) is 0 Å². The van der Waals surface area contributed by atoms with E-state index in [1.165, 1.54) is 31.4 Å². The van der Waals surface area contributed by atoms with Crippen molar-refractivity contribution in [2.24, 2.45) is 0 Å². The van der Waals surface area contributed by atoms with Gasteiger partial charge in [0.25, 0.3) is 5.69 Å². The summed E-state index contributed by atoms with van der Waals surface area (Å²) < 4.78 is 18.7. The number of amides is 1. The SMILES string of the molecule is CCN(Cc1ccc(OC)c(F)c1)C(=O)Cc1ccc([N+](=O)[O-])cc1. The first-order valence-corrected chi connectivity index (χ1v) is 7.78. The Labute approximate surface area is 145 Å². The summed E-state index contributed by atoms with van der Waals surface area (Å²) in [5.41, 5.74) is 1.34. The van der Waals surface area contributed by atoms with Crippen molar-refractivity contribution in [2.45, 2.75) is 19.9 Å². The molecule has 1 amide bonds. The second kappa shape index (κ2) is 8.23. The summed E-state index contributed by atoms with van der Waals surface area (Å²) >= 11 is 0. The molecule has 7 heteroatoms. The van der Waals surface area contributed by atoms with E-state index in [0.29, 0.717) is 17.7 Å². The number of methoxy groups -OCH3 is 1. The number of nitrogens with zero attached hydrogens (tertiary/aromatic N) is 2. The van der Waals surface area contributed by atoms with Crippen LogP contribution in [0.5, 0.6) is 5.75 Å². The van der Waals surface area contributed by atoms with E-state index in [4.69, 9.17) is 4.74 Å². The van der Waals surface area contributed by atoms with Crippen molar-refractivity contribution in [2.75, 3.05) is 13.7 Å². The molecule has 0 spiro atoms. The van der Waals surface area contributed by atoms with Crippen LogP contribution in [-0.4, -0.2) is 29.4 Å². The molecule has 0 bridgehead atoms. The third kappa shape index (κ3) is 4.76. The number of benzene rings is 2. The average Bonchev–Trinajstić information content (AvgIpc) is 2.60. The topological polar surface area (TPSA) is 72.7 Å². The van der Waals surface area contributed by atoms with Crippen LogP contribution in [0.1, 0.15) is 18.1 Å². The lowest BCUT2D eigenvalue weighted by molar-refractivity contribution is -0.384. The molecule has 0 heterocycles. The number of nitro groups is 1. The van der Waals surface area contributed by atoms with Gasteiger partial charge in [0.15, 0.2) is 11.6 Å². The van der Waals surface area contributed by atoms with E-state index in [2.05, 4.69) is 0 Å². The fourth-order valence-electron chi connectivity index (χ4n) is 2.43. The first-order chi connectivity index (χ1) is 11.9. The highest BCUT2D eigenvalue weighted by molar-refractivity contribution is 5.78. The van der Waals surface area contributed by atoms with Gasteiger partial charge in [-0.15, -0.1) is 0 Å². The minimum absolute atomic E-state index is 0.0164. The Morgan fingerprint density at radius 3 is 2.36 bits per heavy atom. The molecule has 0 saturated heterocycles. The molecule has 25 heavy (non-hydrogen) atoms. The Morgan fingerprint density at radius 1 is 1.20 bits per heavy atom. The minimum atomic E-state index is -0.484. The van der Waals surface area contributed by atoms with E-state index >= 15 is 0 Å². The van der Waals surface area contributed by atoms with Crippen LogP contribution >= 0.6 is 0 Å². The Kier molecular flexibility index (Phi) is 6.05. The molecule has 0 radical (unpaired) electrons. The van der Waals surface area contributed by atoms with Crippen LogP contribution in [0.4, 0.5) is 10.1 Å². The van der Waals surface area contributed by atoms with Gasteiger partial charge in [-0.3, -0.25) is 14.9 Å². The number of likely N-dealkylation sites (N-methyl/N-ethyl adjacent to an activating group) is 1. The van der Waals surface area contributed by atoms with Crippen molar-refractivity contribution in [3.63, 3.8) is 0 Å². The fraction of sp³-hybridized carbons (Fsp3) is 0.278. The van der Waals surface area contributed by atoms with Crippen molar-refractivity contribution in [1.82, 2.24) is 4.90 Å². The maximum Gasteiger partial charge on any atom is 0.269 e. The molecule has 0 aromatic heterocycles. The summed E-state index contributed by atoms with van der Waals surface area (Å²) in [6.07, 6.45) is 0.129. The molecule has 0 saturated carbocycles. The van der Waals surface area contributed by atoms with E-state index in [9.17, 15) is 19.3 Å². The van der Waals surface area contributed by atoms with Crippen LogP contribution in [0.3, 0.4) is 0 Å². The number of carbonyl (C=O) groups excluding carboxylic acids is 1. The summed E-state index contributed by atoms with van der Waals surface area (Å²) in [6, 6.07) is 10.5. The van der Waals surface area contributed by atoms with E-state index in [1.54, 1.807) is 23.1 Å². The third-order valence-electron chi connectivity index (χ3n) is 3.83. The smallest absolute Gasteiger partial charge is 0.269 e. The van der Waals surface area contributed by atoms with Gasteiger partial charge in [-0.05, 0) is 30.2 Å². The van der Waals surface area contributed by atoms with Gasteiger partial charge in [0.1, 0.15) is 0 Å². The highest BCUT2D eigenvalue weighted by Crippen LogP contribution is 2.19. The second-order valence-corrected chi connectivity index (χ2v) is 5.48. The zero-order valence-corrected chi connectivity index (χ0v) is 14.1. The van der Waals surface area contributed by atoms with E-state index in [1.807, 2.05) is 6.92 Å². The zero-order valence-electron chi connectivity index (χ0n) is 14.1. The highest BCUT2D eigenvalue weighted by atomic mass is 19.1. The van der Waals surface area contributed by atoms with E-state index < -0.39 is 10.7 Å². The van der Waals surface area contributed by atoms with Crippen molar-refractivity contribution in [1.29, 1.82) is 0 Å². The predicted octanol–water partition coefficient (Wildman–Crippen LogP) is 3.33. The van der Waals surface area contributed by atoms with Crippen LogP contribution in [0, 0.1) is 15.9 Å². The monoisotopic (exact) mass is 346 g/mol. The van der Waals surface area contributed by atoms with Crippen LogP contribution in [0.2, 0.25) is 0 Å². The van der Waals surface area contributed by atoms with Gasteiger partial charge >= 0.3 is 0 Å². The predicted molar refractivity (Wildman–Crippen MR) is 90.8 cm³/mol. The van der Waals surface area contributed by atoms with Crippen molar-refractivity contribution in [3.05, 3.63) is 69.5 Å². The summed E-state index contributed by atoms with van der Waals surface area (Å²) in [7, 11) is 1.39. The van der Waals surface area contributed by atoms with Gasteiger partial charge < -0.3 is 9.64 Å². The lowest BCUT2D eigenvalue weighted by Crippen LogP contribution is -2.31. The third-order valence-corrected chi connectivity index (χ3v) is 3.83. The summed E-state index contributed by atoms with van der Waals surface area (Å²) in [5.74, 6) is -0.449. The average molecular weight is 346 g/mol. The van der Waals surface area contributed by atoms with Gasteiger partial charge in [0.05, 0.1) is 18.5 Å². The highest BCUT2D eigenvalue weighted by Gasteiger charge is 2.15. The molecule has 0 aliphatic rings. The first-order valence-electron chi connectivity index (χ1n) is 7.78. The molecule has 0 N–H and O–H groups in total. The van der Waals surface area contributed by atoms with E-state index in [0.717, 1.165) is 0 Å². The number of halogens is 1. The molecule has 0 aliphatic heterocycles. The van der Waals surface area contributed by atoms with Crippen LogP contribution < -0.4 is 4.74 Å². The van der Waals surface area contributed by atoms with Crippen molar-refractivity contribution < 1.29 is 18.8 Å². The lowest BCUT2D eigenvalue weighted by atomic mass is 10.1. The van der Waals surface area contributed by atoms with Crippen LogP contribution in [0.15, 0.2) is 42.5 Å². The Bertz CT molecular complexity index is 762. The van der Waals surface area contributed by atoms with Crippen molar-refractivity contribution >= 4 is 11.6 Å². The number of nitro benzene ring substituents is 1. The first kappa shape index (κ1) is 18.4. The molecule has 2 aromatic rings. The summed E-state index contributed by atoms with van der Waals surface area (Å²) in [6.45, 7) is 2.59. The number of carbonyl (C=O) groups is 1. The maximum atomic E-state index is 13.8. The van der Waals surface area contributed by atoms with Gasteiger partial charge in [-0.25, -0.2) is 4.39 Å². The van der Waals surface area contributed by atoms with Gasteiger partial charge in [0.2, 0.25) is 5.91 Å². The summed E-state index contributed by atoms with van der Waals surface area (Å²) in [4.78, 5) is 24.2. The number of rotatable bonds is 7. The minimum Gasteiger partial charge on any atom is -0.494 e. The normalized spacial score (nSPS) is 10.4.